The molecule has 0 aliphatic carbocycles. The maximum Gasteiger partial charge on any atom is 0.372 e. The van der Waals surface area contributed by atoms with Crippen molar-refractivity contribution in [3.63, 3.8) is 0 Å². The number of hydrogen-bond acceptors (Lipinski definition) is 4. The molecule has 0 heterocycles. The molecule has 0 saturated heterocycles. The van der Waals surface area contributed by atoms with Crippen LogP contribution in [0.1, 0.15) is 28.2 Å². The van der Waals surface area contributed by atoms with Crippen LogP contribution in [-0.2, 0) is 18.4 Å². The van der Waals surface area contributed by atoms with Crippen LogP contribution in [0.3, 0.4) is 0 Å². The van der Waals surface area contributed by atoms with E-state index in [4.69, 9.17) is 0 Å². The van der Waals surface area contributed by atoms with Gasteiger partial charge in [0.1, 0.15) is 0 Å². The average molecular weight is 228 g/mol. The number of ketones is 1. The number of alkyl halides is 1. The topological polar surface area (TPSA) is 52.6 Å². The molecule has 0 aromatic carbocycles. The summed E-state index contributed by atoms with van der Waals surface area (Å²) in [6, 6.07) is 0. The van der Waals surface area contributed by atoms with Gasteiger partial charge in [0.15, 0.2) is 5.78 Å². The van der Waals surface area contributed by atoms with Crippen LogP contribution in [0.4, 0.5) is 4.39 Å². The number of halogens is 1. The molecule has 0 aliphatic heterocycles. The first-order valence-electron chi connectivity index (χ1n) is 4.01. The number of rotatable bonds is 6. The first-order chi connectivity index (χ1) is 5.98. The smallest absolute Gasteiger partial charge is 0.307 e. The Bertz CT molecular complexity index is 209. The molecule has 0 N–H and O–H groups in total. The fraction of sp³-hybridized carbons (Fsp3) is 0.875. The fourth-order valence-electron chi connectivity index (χ4n) is 0.751. The summed E-state index contributed by atoms with van der Waals surface area (Å²) < 4.78 is 33.9. The summed E-state index contributed by atoms with van der Waals surface area (Å²) in [4.78, 5) is 10.6. The van der Waals surface area contributed by atoms with Crippen LogP contribution in [0, 0.1) is 0 Å². The monoisotopic (exact) mass is 228 g/mol. The molecule has 0 fully saturated rings. The first kappa shape index (κ1) is 16.2. The molecule has 0 rings (SSSR count). The lowest BCUT2D eigenvalue weighted by molar-refractivity contribution is -0.119. The van der Waals surface area contributed by atoms with Crippen molar-refractivity contribution in [2.24, 2.45) is 0 Å². The van der Waals surface area contributed by atoms with Crippen molar-refractivity contribution in [2.75, 3.05) is 13.2 Å². The minimum Gasteiger partial charge on any atom is -0.307 e. The van der Waals surface area contributed by atoms with E-state index < -0.39 is 19.3 Å². The van der Waals surface area contributed by atoms with E-state index in [1.165, 1.54) is 0 Å². The lowest BCUT2D eigenvalue weighted by atomic mass is 10.5. The van der Waals surface area contributed by atoms with Gasteiger partial charge < -0.3 is 9.05 Å². The Kier molecular flexibility index (Phi) is 8.21. The van der Waals surface area contributed by atoms with Gasteiger partial charge in [0.25, 0.3) is 5.91 Å². The van der Waals surface area contributed by atoms with Crippen molar-refractivity contribution in [1.29, 1.82) is 0 Å². The van der Waals surface area contributed by atoms with Gasteiger partial charge in [0.05, 0.1) is 13.2 Å². The zero-order chi connectivity index (χ0) is 10.5. The third-order valence-electron chi connectivity index (χ3n) is 1.23. The van der Waals surface area contributed by atoms with Crippen LogP contribution in [0.15, 0.2) is 0 Å². The van der Waals surface area contributed by atoms with E-state index in [0.29, 0.717) is 0 Å². The number of hydrogen-bond donors (Lipinski definition) is 0. The fourth-order valence-corrected chi connectivity index (χ4v) is 2.25. The lowest BCUT2D eigenvalue weighted by Gasteiger charge is -2.18. The summed E-state index contributed by atoms with van der Waals surface area (Å²) in [5.74, 6) is -3.02. The van der Waals surface area contributed by atoms with E-state index in [9.17, 15) is 13.8 Å². The van der Waals surface area contributed by atoms with Gasteiger partial charge in [-0.25, -0.2) is 4.39 Å². The molecule has 0 saturated carbocycles. The molecule has 0 amide bonds. The van der Waals surface area contributed by atoms with E-state index in [2.05, 4.69) is 9.05 Å². The average Bonchev–Trinajstić information content (AvgIpc) is 2.03. The molecule has 0 spiro atoms. The van der Waals surface area contributed by atoms with Gasteiger partial charge in [-0.15, -0.1) is 0 Å². The van der Waals surface area contributed by atoms with E-state index >= 15 is 0 Å². The van der Waals surface area contributed by atoms with Crippen molar-refractivity contribution < 1.29 is 22.8 Å². The van der Waals surface area contributed by atoms with E-state index in [1.807, 2.05) is 0 Å². The zero-order valence-corrected chi connectivity index (χ0v) is 8.84. The third kappa shape index (κ3) is 4.31. The Balaban J connectivity index is 0. The molecule has 0 aromatic rings. The maximum atomic E-state index is 13.1. The summed E-state index contributed by atoms with van der Waals surface area (Å²) >= 11 is 0. The first-order valence-corrected chi connectivity index (χ1v) is 5.62. The highest BCUT2D eigenvalue weighted by Gasteiger charge is 2.39. The molecule has 0 radical (unpaired) electrons. The molecule has 0 bridgehead atoms. The van der Waals surface area contributed by atoms with Gasteiger partial charge in [-0.1, -0.05) is 7.43 Å². The van der Waals surface area contributed by atoms with Crippen LogP contribution >= 0.6 is 7.60 Å². The minimum atomic E-state index is -3.88. The Morgan fingerprint density at radius 3 is 1.93 bits per heavy atom. The van der Waals surface area contributed by atoms with Gasteiger partial charge in [-0.05, 0) is 20.8 Å². The van der Waals surface area contributed by atoms with Crippen LogP contribution < -0.4 is 0 Å². The van der Waals surface area contributed by atoms with Crippen molar-refractivity contribution in [1.82, 2.24) is 0 Å². The highest BCUT2D eigenvalue weighted by Crippen LogP contribution is 2.53. The normalized spacial score (nSPS) is 13.1. The predicted molar refractivity (Wildman–Crippen MR) is 53.2 cm³/mol. The Hall–Kier alpha value is -0.250. The van der Waals surface area contributed by atoms with Crippen molar-refractivity contribution in [2.45, 2.75) is 34.1 Å². The summed E-state index contributed by atoms with van der Waals surface area (Å²) in [5.41, 5.74) is 0. The Morgan fingerprint density at radius 2 is 1.71 bits per heavy atom. The van der Waals surface area contributed by atoms with Crippen LogP contribution in [0.25, 0.3) is 0 Å². The molecule has 14 heavy (non-hydrogen) atoms. The quantitative estimate of drug-likeness (QED) is 0.656. The predicted octanol–water partition coefficient (Wildman–Crippen LogP) is 2.77. The maximum absolute atomic E-state index is 13.1. The van der Waals surface area contributed by atoms with E-state index in [1.54, 1.807) is 13.8 Å². The number of carbonyl (C=O) groups excluding carboxylic acids is 1. The zero-order valence-electron chi connectivity index (χ0n) is 7.95. The molecule has 4 nitrogen and oxygen atoms in total. The number of carbonyl (C=O) groups is 1. The standard InChI is InChI=1S/C7H14FO4P.CH4/c1-4-11-13(10,12-5-2)7(8)6(3)9;/h7H,4-5H2,1-3H3;1H4. The molecule has 1 unspecified atom stereocenters. The second-order valence-corrected chi connectivity index (χ2v) is 4.37. The van der Waals surface area contributed by atoms with E-state index in [0.717, 1.165) is 6.92 Å². The highest BCUT2D eigenvalue weighted by atomic mass is 31.2. The summed E-state index contributed by atoms with van der Waals surface area (Å²) in [7, 11) is -3.88. The Labute approximate surface area is 84.3 Å². The third-order valence-corrected chi connectivity index (χ3v) is 3.39. The lowest BCUT2D eigenvalue weighted by Crippen LogP contribution is -2.16. The van der Waals surface area contributed by atoms with Gasteiger partial charge in [-0.3, -0.25) is 9.36 Å². The van der Waals surface area contributed by atoms with Crippen molar-refractivity contribution in [3.8, 4) is 0 Å². The minimum absolute atomic E-state index is 0. The number of Topliss-reactive ketones (excluding diaryl/α,β-unsaturated/α-hetero) is 1. The largest absolute Gasteiger partial charge is 0.372 e. The molecular weight excluding hydrogens is 210 g/mol. The van der Waals surface area contributed by atoms with Crippen molar-refractivity contribution in [3.05, 3.63) is 0 Å². The molecular formula is C8H18FO4P. The van der Waals surface area contributed by atoms with Crippen LogP contribution in [0.5, 0.6) is 0 Å². The van der Waals surface area contributed by atoms with Gasteiger partial charge in [0, 0.05) is 0 Å². The van der Waals surface area contributed by atoms with Crippen LogP contribution in [0.2, 0.25) is 0 Å². The van der Waals surface area contributed by atoms with Crippen molar-refractivity contribution >= 4 is 13.4 Å². The molecule has 6 heteroatoms. The summed E-state index contributed by atoms with van der Waals surface area (Å²) in [6.07, 6.45) is 0. The van der Waals surface area contributed by atoms with E-state index in [-0.39, 0.29) is 20.6 Å². The van der Waals surface area contributed by atoms with Crippen LogP contribution in [-0.4, -0.2) is 24.9 Å². The molecule has 86 valence electrons. The summed E-state index contributed by atoms with van der Waals surface area (Å²) in [5, 5.41) is 0. The molecule has 0 aromatic heterocycles. The SMILES string of the molecule is C.CCOP(=O)(OCC)C(F)C(C)=O. The van der Waals surface area contributed by atoms with Gasteiger partial charge in [0.2, 0.25) is 0 Å². The van der Waals surface area contributed by atoms with Gasteiger partial charge >= 0.3 is 7.60 Å². The molecule has 0 aliphatic rings. The second-order valence-electron chi connectivity index (χ2n) is 2.32. The van der Waals surface area contributed by atoms with Gasteiger partial charge in [-0.2, -0.15) is 0 Å². The Morgan fingerprint density at radius 1 is 1.36 bits per heavy atom. The second kappa shape index (κ2) is 7.10. The summed E-state index contributed by atoms with van der Waals surface area (Å²) in [6.45, 7) is 4.21. The highest BCUT2D eigenvalue weighted by molar-refractivity contribution is 7.55. The molecule has 1 atom stereocenters.